The zero-order valence-corrected chi connectivity index (χ0v) is 18.8. The van der Waals surface area contributed by atoms with Crippen molar-refractivity contribution in [3.63, 3.8) is 0 Å². The summed E-state index contributed by atoms with van der Waals surface area (Å²) in [6, 6.07) is 14.8. The van der Waals surface area contributed by atoms with Crippen molar-refractivity contribution in [2.75, 3.05) is 12.0 Å². The van der Waals surface area contributed by atoms with E-state index in [2.05, 4.69) is 0 Å². The Kier molecular flexibility index (Phi) is 6.77. The summed E-state index contributed by atoms with van der Waals surface area (Å²) in [6.45, 7) is 0.116. The van der Waals surface area contributed by atoms with Crippen LogP contribution in [0, 0.1) is 5.82 Å². The lowest BCUT2D eigenvalue weighted by Crippen LogP contribution is -2.54. The zero-order valence-electron chi connectivity index (χ0n) is 18.8. The minimum absolute atomic E-state index is 0.0466. The highest BCUT2D eigenvalue weighted by atomic mass is 19.1. The minimum atomic E-state index is -1.28. The number of ether oxygens (including phenoxy) is 2. The second-order valence-corrected chi connectivity index (χ2v) is 7.59. The number of aromatic carboxylic acids is 1. The first kappa shape index (κ1) is 24.1. The minimum Gasteiger partial charge on any atom is -0.545 e. The fourth-order valence-electron chi connectivity index (χ4n) is 3.47. The molecule has 182 valence electrons. The number of hydrogen-bond donors (Lipinski definition) is 1. The number of halogens is 1. The monoisotopic (exact) mass is 489 g/mol. The smallest absolute Gasteiger partial charge is 0.336 e. The number of amides is 4. The Morgan fingerprint density at radius 3 is 2.42 bits per heavy atom. The van der Waals surface area contributed by atoms with E-state index in [9.17, 15) is 28.7 Å². The molecule has 1 aliphatic heterocycles. The van der Waals surface area contributed by atoms with Gasteiger partial charge in [0.1, 0.15) is 18.0 Å². The summed E-state index contributed by atoms with van der Waals surface area (Å²) in [7, 11) is 1.41. The SMILES string of the molecule is COc1cc(/C=C2/C(=O)NC(=O)N(c3ccccc3F)C2=O)ccc1OCc1ccc(C(=O)[O-])cc1. The molecule has 10 heteroatoms. The summed E-state index contributed by atoms with van der Waals surface area (Å²) in [5, 5.41) is 12.9. The Labute approximate surface area is 204 Å². The summed E-state index contributed by atoms with van der Waals surface area (Å²) < 4.78 is 25.3. The number of rotatable bonds is 7. The lowest BCUT2D eigenvalue weighted by atomic mass is 10.1. The average Bonchev–Trinajstić information content (AvgIpc) is 2.86. The maximum atomic E-state index is 14.2. The topological polar surface area (TPSA) is 125 Å². The van der Waals surface area contributed by atoms with Crippen LogP contribution in [-0.4, -0.2) is 30.9 Å². The number of carbonyl (C=O) groups excluding carboxylic acids is 4. The molecule has 1 N–H and O–H groups in total. The summed E-state index contributed by atoms with van der Waals surface area (Å²) in [4.78, 5) is 49.0. The number of methoxy groups -OCH3 is 1. The van der Waals surface area contributed by atoms with Crippen molar-refractivity contribution < 1.29 is 38.1 Å². The Morgan fingerprint density at radius 2 is 1.75 bits per heavy atom. The van der Waals surface area contributed by atoms with E-state index < -0.39 is 29.6 Å². The van der Waals surface area contributed by atoms with Crippen LogP contribution >= 0.6 is 0 Å². The number of imide groups is 2. The van der Waals surface area contributed by atoms with Crippen molar-refractivity contribution in [2.45, 2.75) is 6.61 Å². The maximum absolute atomic E-state index is 14.2. The zero-order chi connectivity index (χ0) is 25.8. The number of hydrogen-bond acceptors (Lipinski definition) is 7. The fraction of sp³-hybridized carbons (Fsp3) is 0.0769. The predicted molar refractivity (Wildman–Crippen MR) is 124 cm³/mol. The molecule has 1 fully saturated rings. The summed E-state index contributed by atoms with van der Waals surface area (Å²) in [5.41, 5.74) is 0.480. The summed E-state index contributed by atoms with van der Waals surface area (Å²) in [5.74, 6) is -3.33. The molecule has 9 nitrogen and oxygen atoms in total. The number of anilines is 1. The molecule has 0 aliphatic carbocycles. The second-order valence-electron chi connectivity index (χ2n) is 7.59. The molecule has 0 unspecified atom stereocenters. The van der Waals surface area contributed by atoms with Crippen molar-refractivity contribution in [1.29, 1.82) is 0 Å². The van der Waals surface area contributed by atoms with Gasteiger partial charge < -0.3 is 19.4 Å². The molecule has 4 rings (SSSR count). The number of para-hydroxylation sites is 1. The molecule has 4 amide bonds. The van der Waals surface area contributed by atoms with E-state index in [0.717, 1.165) is 6.07 Å². The van der Waals surface area contributed by atoms with Crippen molar-refractivity contribution in [2.24, 2.45) is 0 Å². The molecule has 0 spiro atoms. The van der Waals surface area contributed by atoms with Crippen LogP contribution in [0.25, 0.3) is 6.08 Å². The number of benzene rings is 3. The highest BCUT2D eigenvalue weighted by Gasteiger charge is 2.37. The number of barbiturate groups is 1. The Morgan fingerprint density at radius 1 is 1.03 bits per heavy atom. The largest absolute Gasteiger partial charge is 0.545 e. The molecule has 3 aromatic carbocycles. The van der Waals surface area contributed by atoms with Crippen molar-refractivity contribution in [3.05, 3.63) is 94.8 Å². The van der Waals surface area contributed by atoms with Gasteiger partial charge in [0, 0.05) is 0 Å². The van der Waals surface area contributed by atoms with Gasteiger partial charge in [-0.15, -0.1) is 0 Å². The fourth-order valence-corrected chi connectivity index (χ4v) is 3.47. The van der Waals surface area contributed by atoms with Crippen LogP contribution in [0.1, 0.15) is 21.5 Å². The number of carbonyl (C=O) groups is 4. The summed E-state index contributed by atoms with van der Waals surface area (Å²) in [6.07, 6.45) is 1.25. The molecule has 0 saturated carbocycles. The van der Waals surface area contributed by atoms with Gasteiger partial charge in [0.25, 0.3) is 11.8 Å². The molecule has 1 heterocycles. The molecule has 1 saturated heterocycles. The van der Waals surface area contributed by atoms with Gasteiger partial charge in [0.2, 0.25) is 0 Å². The van der Waals surface area contributed by atoms with Gasteiger partial charge >= 0.3 is 6.03 Å². The van der Waals surface area contributed by atoms with Crippen LogP contribution in [0.2, 0.25) is 0 Å². The van der Waals surface area contributed by atoms with E-state index in [1.165, 1.54) is 49.6 Å². The molecular formula is C26H18FN2O7-. The van der Waals surface area contributed by atoms with E-state index in [-0.39, 0.29) is 23.4 Å². The normalized spacial score (nSPS) is 14.6. The number of nitrogens with one attached hydrogen (secondary N) is 1. The second kappa shape index (κ2) is 10.1. The van der Waals surface area contributed by atoms with E-state index >= 15 is 0 Å². The molecule has 3 aromatic rings. The van der Waals surface area contributed by atoms with E-state index in [0.29, 0.717) is 27.5 Å². The third kappa shape index (κ3) is 4.92. The van der Waals surface area contributed by atoms with Crippen molar-refractivity contribution >= 4 is 35.6 Å². The summed E-state index contributed by atoms with van der Waals surface area (Å²) >= 11 is 0. The number of nitrogens with zero attached hydrogens (tertiary/aromatic N) is 1. The van der Waals surface area contributed by atoms with Gasteiger partial charge in [-0.05, 0) is 47.0 Å². The lowest BCUT2D eigenvalue weighted by molar-refractivity contribution is -0.255. The van der Waals surface area contributed by atoms with Gasteiger partial charge in [-0.2, -0.15) is 0 Å². The molecule has 0 aromatic heterocycles. The van der Waals surface area contributed by atoms with E-state index in [4.69, 9.17) is 9.47 Å². The molecular weight excluding hydrogens is 471 g/mol. The molecule has 1 aliphatic rings. The Hall–Kier alpha value is -4.99. The Balaban J connectivity index is 1.57. The first-order valence-corrected chi connectivity index (χ1v) is 10.6. The third-order valence-electron chi connectivity index (χ3n) is 5.28. The highest BCUT2D eigenvalue weighted by Crippen LogP contribution is 2.31. The number of carboxylic acid groups (broad SMARTS) is 1. The van der Waals surface area contributed by atoms with Crippen LogP contribution in [-0.2, 0) is 16.2 Å². The van der Waals surface area contributed by atoms with Crippen LogP contribution in [0.3, 0.4) is 0 Å². The predicted octanol–water partition coefficient (Wildman–Crippen LogP) is 2.44. The van der Waals surface area contributed by atoms with Gasteiger partial charge in [0.05, 0.1) is 18.8 Å². The van der Waals surface area contributed by atoms with Crippen LogP contribution < -0.4 is 24.8 Å². The number of urea groups is 1. The molecule has 36 heavy (non-hydrogen) atoms. The van der Waals surface area contributed by atoms with Crippen molar-refractivity contribution in [3.8, 4) is 11.5 Å². The highest BCUT2D eigenvalue weighted by molar-refractivity contribution is 6.39. The van der Waals surface area contributed by atoms with E-state index in [1.54, 1.807) is 24.3 Å². The molecule has 0 radical (unpaired) electrons. The van der Waals surface area contributed by atoms with Crippen LogP contribution in [0.4, 0.5) is 14.9 Å². The maximum Gasteiger partial charge on any atom is 0.336 e. The van der Waals surface area contributed by atoms with E-state index in [1.807, 2.05) is 5.32 Å². The molecule has 0 bridgehead atoms. The number of carboxylic acids is 1. The first-order valence-electron chi connectivity index (χ1n) is 10.6. The molecule has 0 atom stereocenters. The van der Waals surface area contributed by atoms with Crippen LogP contribution in [0.15, 0.2) is 72.3 Å². The van der Waals surface area contributed by atoms with Gasteiger partial charge in [-0.1, -0.05) is 42.5 Å². The van der Waals surface area contributed by atoms with Crippen LogP contribution in [0.5, 0.6) is 11.5 Å². The quantitative estimate of drug-likeness (QED) is 0.399. The average molecular weight is 489 g/mol. The lowest BCUT2D eigenvalue weighted by Gasteiger charge is -2.26. The van der Waals surface area contributed by atoms with Gasteiger partial charge in [-0.25, -0.2) is 14.1 Å². The first-order chi connectivity index (χ1) is 17.3. The van der Waals surface area contributed by atoms with Gasteiger partial charge in [0.15, 0.2) is 11.5 Å². The Bertz CT molecular complexity index is 1400. The standard InChI is InChI=1S/C26H19FN2O7/c1-35-22-13-16(8-11-21(22)36-14-15-6-9-17(10-7-15)25(32)33)12-18-23(30)28-26(34)29(24(18)31)20-5-3-2-4-19(20)27/h2-13H,14H2,1H3,(H,32,33)(H,28,30,34)/p-1/b18-12-. The van der Waals surface area contributed by atoms with Crippen molar-refractivity contribution in [1.82, 2.24) is 5.32 Å². The van der Waals surface area contributed by atoms with Gasteiger partial charge in [-0.3, -0.25) is 14.9 Å². The third-order valence-corrected chi connectivity index (χ3v) is 5.28.